The fourth-order valence-corrected chi connectivity index (χ4v) is 5.02. The van der Waals surface area contributed by atoms with E-state index in [1.165, 1.54) is 21.3 Å². The van der Waals surface area contributed by atoms with Gasteiger partial charge in [0.05, 0.1) is 10.3 Å². The van der Waals surface area contributed by atoms with Crippen LogP contribution in [0.3, 0.4) is 0 Å². The van der Waals surface area contributed by atoms with Crippen LogP contribution >= 0.6 is 27.3 Å². The van der Waals surface area contributed by atoms with E-state index in [9.17, 15) is 9.59 Å². The summed E-state index contributed by atoms with van der Waals surface area (Å²) in [5.41, 5.74) is 7.44. The van der Waals surface area contributed by atoms with Crippen LogP contribution in [0.4, 0.5) is 4.79 Å². The van der Waals surface area contributed by atoms with Gasteiger partial charge in [-0.15, -0.1) is 11.3 Å². The van der Waals surface area contributed by atoms with Crippen molar-refractivity contribution in [3.05, 3.63) is 56.2 Å². The SMILES string of the molecule is NC(=O)[C@@H]1c2sc(Br)cc2[C@H]2CN1C(=O)N2OCc1ccccc1. The fraction of sp³-hybridized carbons (Fsp3) is 0.250. The number of hydrogen-bond acceptors (Lipinski definition) is 4. The van der Waals surface area contributed by atoms with Gasteiger partial charge >= 0.3 is 6.03 Å². The van der Waals surface area contributed by atoms with Crippen LogP contribution in [0.5, 0.6) is 0 Å². The standard InChI is InChI=1S/C16H14BrN3O3S/c17-12-6-10-11-7-19(13(15(18)21)14(10)24-12)16(22)20(11)23-8-9-4-2-1-3-5-9/h1-6,11,13H,7-8H2,(H2,18,21)/t11-,13+/m1/s1. The van der Waals surface area contributed by atoms with Gasteiger partial charge in [-0.05, 0) is 33.1 Å². The zero-order valence-electron chi connectivity index (χ0n) is 12.5. The largest absolute Gasteiger partial charge is 0.368 e. The number of halogens is 1. The minimum absolute atomic E-state index is 0.227. The molecule has 0 radical (unpaired) electrons. The van der Waals surface area contributed by atoms with E-state index < -0.39 is 11.9 Å². The summed E-state index contributed by atoms with van der Waals surface area (Å²) in [6.45, 7) is 0.691. The molecule has 3 heterocycles. The lowest BCUT2D eigenvalue weighted by molar-refractivity contribution is -0.141. The summed E-state index contributed by atoms with van der Waals surface area (Å²) in [4.78, 5) is 32.7. The predicted octanol–water partition coefficient (Wildman–Crippen LogP) is 2.96. The number of hydrogen-bond donors (Lipinski definition) is 1. The van der Waals surface area contributed by atoms with Gasteiger partial charge in [-0.2, -0.15) is 5.06 Å². The molecule has 0 unspecified atom stereocenters. The third-order valence-corrected chi connectivity index (χ3v) is 5.96. The molecule has 0 aliphatic carbocycles. The number of carbonyl (C=O) groups excluding carboxylic acids is 2. The predicted molar refractivity (Wildman–Crippen MR) is 91.9 cm³/mol. The van der Waals surface area contributed by atoms with E-state index in [1.807, 2.05) is 36.4 Å². The summed E-state index contributed by atoms with van der Waals surface area (Å²) < 4.78 is 0.906. The van der Waals surface area contributed by atoms with E-state index in [0.29, 0.717) is 13.2 Å². The summed E-state index contributed by atoms with van der Waals surface area (Å²) in [5, 5.41) is 1.37. The molecule has 1 fully saturated rings. The lowest BCUT2D eigenvalue weighted by Gasteiger charge is -2.28. The number of primary amides is 1. The molecule has 1 aromatic heterocycles. The summed E-state index contributed by atoms with van der Waals surface area (Å²) >= 11 is 4.89. The van der Waals surface area contributed by atoms with Gasteiger partial charge in [-0.25, -0.2) is 4.79 Å². The molecule has 0 saturated carbocycles. The monoisotopic (exact) mass is 407 g/mol. The molecule has 3 amide bonds. The zero-order valence-corrected chi connectivity index (χ0v) is 14.9. The first-order valence-electron chi connectivity index (χ1n) is 7.41. The Kier molecular flexibility index (Phi) is 3.82. The molecule has 2 aliphatic heterocycles. The molecule has 2 bridgehead atoms. The molecule has 1 saturated heterocycles. The number of nitrogens with zero attached hydrogens (tertiary/aromatic N) is 2. The third kappa shape index (κ3) is 2.42. The average Bonchev–Trinajstić information content (AvgIpc) is 3.07. The number of nitrogens with two attached hydrogens (primary N) is 1. The van der Waals surface area contributed by atoms with Crippen molar-refractivity contribution in [2.45, 2.75) is 18.7 Å². The van der Waals surface area contributed by atoms with Crippen LogP contribution in [-0.2, 0) is 16.2 Å². The van der Waals surface area contributed by atoms with E-state index in [4.69, 9.17) is 10.6 Å². The molecule has 1 aromatic carbocycles. The number of amides is 3. The average molecular weight is 408 g/mol. The first-order chi connectivity index (χ1) is 11.6. The number of hydroxylamine groups is 2. The Hall–Kier alpha value is -1.90. The molecular formula is C16H14BrN3O3S. The second-order valence-electron chi connectivity index (χ2n) is 5.71. The zero-order chi connectivity index (χ0) is 16.8. The molecule has 2 aliphatic rings. The summed E-state index contributed by atoms with van der Waals surface area (Å²) in [6.07, 6.45) is 0. The molecule has 8 heteroatoms. The Morgan fingerprint density at radius 3 is 2.83 bits per heavy atom. The normalized spacial score (nSPS) is 22.0. The minimum Gasteiger partial charge on any atom is -0.368 e. The maximum absolute atomic E-state index is 12.7. The molecule has 2 atom stereocenters. The number of benzene rings is 1. The highest BCUT2D eigenvalue weighted by atomic mass is 79.9. The quantitative estimate of drug-likeness (QED) is 0.845. The maximum atomic E-state index is 12.7. The second kappa shape index (κ2) is 5.87. The number of thiophene rings is 1. The van der Waals surface area contributed by atoms with Crippen LogP contribution < -0.4 is 5.73 Å². The molecule has 124 valence electrons. The van der Waals surface area contributed by atoms with Crippen molar-refractivity contribution in [1.29, 1.82) is 0 Å². The topological polar surface area (TPSA) is 75.9 Å². The first kappa shape index (κ1) is 15.6. The lowest BCUT2D eigenvalue weighted by atomic mass is 9.99. The van der Waals surface area contributed by atoms with Crippen molar-refractivity contribution in [2.75, 3.05) is 6.54 Å². The Morgan fingerprint density at radius 2 is 2.12 bits per heavy atom. The van der Waals surface area contributed by atoms with Crippen molar-refractivity contribution in [2.24, 2.45) is 5.73 Å². The van der Waals surface area contributed by atoms with Crippen molar-refractivity contribution in [3.8, 4) is 0 Å². The Labute approximate surface area is 150 Å². The Morgan fingerprint density at radius 1 is 1.38 bits per heavy atom. The summed E-state index contributed by atoms with van der Waals surface area (Å²) in [5.74, 6) is -0.526. The molecule has 0 spiro atoms. The van der Waals surface area contributed by atoms with E-state index in [-0.39, 0.29) is 12.1 Å². The van der Waals surface area contributed by atoms with Gasteiger partial charge in [0.1, 0.15) is 18.7 Å². The highest BCUT2D eigenvalue weighted by molar-refractivity contribution is 9.11. The highest BCUT2D eigenvalue weighted by Gasteiger charge is 2.51. The van der Waals surface area contributed by atoms with Gasteiger partial charge in [-0.1, -0.05) is 30.3 Å². The molecule has 24 heavy (non-hydrogen) atoms. The van der Waals surface area contributed by atoms with Gasteiger partial charge in [0.2, 0.25) is 5.91 Å². The smallest absolute Gasteiger partial charge is 0.345 e. The Balaban J connectivity index is 1.64. The molecule has 2 aromatic rings. The van der Waals surface area contributed by atoms with Crippen LogP contribution in [-0.4, -0.2) is 28.4 Å². The van der Waals surface area contributed by atoms with Crippen molar-refractivity contribution >= 4 is 39.2 Å². The van der Waals surface area contributed by atoms with Gasteiger partial charge in [0.15, 0.2) is 0 Å². The van der Waals surface area contributed by atoms with Gasteiger partial charge < -0.3 is 10.6 Å². The van der Waals surface area contributed by atoms with Gasteiger partial charge in [-0.3, -0.25) is 9.63 Å². The van der Waals surface area contributed by atoms with E-state index >= 15 is 0 Å². The summed E-state index contributed by atoms with van der Waals surface area (Å²) in [7, 11) is 0. The van der Waals surface area contributed by atoms with E-state index in [0.717, 1.165) is 19.8 Å². The highest BCUT2D eigenvalue weighted by Crippen LogP contribution is 2.48. The van der Waals surface area contributed by atoms with E-state index in [2.05, 4.69) is 15.9 Å². The molecule has 6 nitrogen and oxygen atoms in total. The van der Waals surface area contributed by atoms with Crippen LogP contribution in [0.1, 0.15) is 28.1 Å². The lowest BCUT2D eigenvalue weighted by Crippen LogP contribution is -2.40. The van der Waals surface area contributed by atoms with E-state index in [1.54, 1.807) is 0 Å². The van der Waals surface area contributed by atoms with Crippen molar-refractivity contribution in [3.63, 3.8) is 0 Å². The minimum atomic E-state index is -0.731. The molecule has 2 N–H and O–H groups in total. The van der Waals surface area contributed by atoms with Crippen LogP contribution in [0.15, 0.2) is 40.2 Å². The van der Waals surface area contributed by atoms with Crippen molar-refractivity contribution in [1.82, 2.24) is 9.96 Å². The maximum Gasteiger partial charge on any atom is 0.345 e. The Bertz CT molecular complexity index is 810. The summed E-state index contributed by atoms with van der Waals surface area (Å²) in [6, 6.07) is 10.3. The van der Waals surface area contributed by atoms with Gasteiger partial charge in [0.25, 0.3) is 0 Å². The number of carbonyl (C=O) groups is 2. The van der Waals surface area contributed by atoms with Crippen molar-refractivity contribution < 1.29 is 14.4 Å². The molecule has 4 rings (SSSR count). The van der Waals surface area contributed by atoms with Crippen LogP contribution in [0.25, 0.3) is 0 Å². The number of fused-ring (bicyclic) bond motifs is 4. The number of urea groups is 1. The second-order valence-corrected chi connectivity index (χ2v) is 8.17. The fourth-order valence-electron chi connectivity index (χ4n) is 3.19. The molecular weight excluding hydrogens is 394 g/mol. The third-order valence-electron chi connectivity index (χ3n) is 4.25. The number of rotatable bonds is 4. The van der Waals surface area contributed by atoms with Crippen LogP contribution in [0.2, 0.25) is 0 Å². The van der Waals surface area contributed by atoms with Crippen LogP contribution in [0, 0.1) is 0 Å². The van der Waals surface area contributed by atoms with Gasteiger partial charge in [0, 0.05) is 4.88 Å². The first-order valence-corrected chi connectivity index (χ1v) is 9.02.